The van der Waals surface area contributed by atoms with Crippen LogP contribution in [0.15, 0.2) is 46.2 Å². The predicted molar refractivity (Wildman–Crippen MR) is 97.1 cm³/mol. The molecule has 0 spiro atoms. The Kier molecular flexibility index (Phi) is 4.10. The zero-order chi connectivity index (χ0) is 17.4. The molecule has 0 aliphatic rings. The summed E-state index contributed by atoms with van der Waals surface area (Å²) in [6.07, 6.45) is 7.34. The van der Waals surface area contributed by atoms with Gasteiger partial charge < -0.3 is 9.72 Å². The number of H-pyrrole nitrogens is 1. The summed E-state index contributed by atoms with van der Waals surface area (Å²) < 4.78 is 8.32. The van der Waals surface area contributed by atoms with Crippen molar-refractivity contribution < 1.29 is 9.53 Å². The smallest absolute Gasteiger partial charge is 0.348 e. The molecule has 4 heterocycles. The summed E-state index contributed by atoms with van der Waals surface area (Å²) in [6.45, 7) is 0.221. The highest BCUT2D eigenvalue weighted by molar-refractivity contribution is 9.10. The second-order valence-electron chi connectivity index (χ2n) is 5.31. The Balaban J connectivity index is 1.43. The fourth-order valence-corrected chi connectivity index (χ4v) is 3.75. The van der Waals surface area contributed by atoms with Crippen LogP contribution in [0.4, 0.5) is 0 Å². The van der Waals surface area contributed by atoms with Gasteiger partial charge in [0.15, 0.2) is 5.65 Å². The van der Waals surface area contributed by atoms with E-state index in [0.29, 0.717) is 16.0 Å². The molecule has 0 aliphatic heterocycles. The number of hydrogen-bond donors (Lipinski definition) is 1. The largest absolute Gasteiger partial charge is 0.461 e. The number of hydrogen-bond acceptors (Lipinski definition) is 6. The Morgan fingerprint density at radius 1 is 1.40 bits per heavy atom. The van der Waals surface area contributed by atoms with Gasteiger partial charge in [0, 0.05) is 30.4 Å². The molecule has 1 N–H and O–H groups in total. The number of ether oxygens (including phenoxy) is 1. The number of aromatic nitrogens is 4. The molecule has 0 saturated carbocycles. The Morgan fingerprint density at radius 3 is 3.12 bits per heavy atom. The zero-order valence-electron chi connectivity index (χ0n) is 12.7. The molecular weight excluding hydrogens is 408 g/mol. The van der Waals surface area contributed by atoms with E-state index in [1.165, 1.54) is 0 Å². The summed E-state index contributed by atoms with van der Waals surface area (Å²) >= 11 is 4.50. The molecule has 0 atom stereocenters. The normalized spacial score (nSPS) is 11.2. The van der Waals surface area contributed by atoms with E-state index in [1.54, 1.807) is 35.2 Å². The van der Waals surface area contributed by atoms with Gasteiger partial charge in [-0.3, -0.25) is 4.79 Å². The van der Waals surface area contributed by atoms with E-state index in [2.05, 4.69) is 31.0 Å². The summed E-state index contributed by atoms with van der Waals surface area (Å²) in [5.74, 6) is -0.434. The summed E-state index contributed by atoms with van der Waals surface area (Å²) in [5.41, 5.74) is 1.44. The third kappa shape index (κ3) is 3.08. The first-order valence-electron chi connectivity index (χ1n) is 7.38. The Labute approximate surface area is 153 Å². The molecule has 4 rings (SSSR count). The van der Waals surface area contributed by atoms with E-state index in [9.17, 15) is 9.59 Å². The number of nitrogens with one attached hydrogen (secondary N) is 1. The standard InChI is InChI=1S/C16H11BrN4O3S/c17-11-7-20-21-8-9(6-19-14(11)21)2-4-24-16(23)12-5-10-1-3-18-15(22)13(10)25-12/h1,3,5-8H,2,4H2,(H,18,22). The second-order valence-corrected chi connectivity index (χ2v) is 7.22. The Morgan fingerprint density at radius 2 is 2.28 bits per heavy atom. The topological polar surface area (TPSA) is 89.3 Å². The van der Waals surface area contributed by atoms with E-state index >= 15 is 0 Å². The lowest BCUT2D eigenvalue weighted by molar-refractivity contribution is 0.0515. The van der Waals surface area contributed by atoms with Gasteiger partial charge in [0.25, 0.3) is 5.56 Å². The minimum absolute atomic E-state index is 0.202. The lowest BCUT2D eigenvalue weighted by Crippen LogP contribution is -2.07. The van der Waals surface area contributed by atoms with Crippen molar-refractivity contribution in [1.82, 2.24) is 19.6 Å². The number of thiophene rings is 1. The number of pyridine rings is 1. The maximum atomic E-state index is 12.2. The van der Waals surface area contributed by atoms with E-state index in [-0.39, 0.29) is 12.2 Å². The SMILES string of the molecule is O=C(OCCc1cnc2c(Br)cnn2c1)c1cc2cc[nH]c(=O)c2s1. The van der Waals surface area contributed by atoms with Gasteiger partial charge in [-0.25, -0.2) is 14.3 Å². The van der Waals surface area contributed by atoms with Crippen molar-refractivity contribution in [2.24, 2.45) is 0 Å². The number of esters is 1. The number of nitrogens with zero attached hydrogens (tertiary/aromatic N) is 3. The van der Waals surface area contributed by atoms with Crippen LogP contribution in [0.2, 0.25) is 0 Å². The average molecular weight is 419 g/mol. The van der Waals surface area contributed by atoms with Crippen molar-refractivity contribution in [1.29, 1.82) is 0 Å². The van der Waals surface area contributed by atoms with Crippen molar-refractivity contribution >= 4 is 49.0 Å². The number of aromatic amines is 1. The van der Waals surface area contributed by atoms with Crippen LogP contribution in [0.1, 0.15) is 15.2 Å². The fraction of sp³-hybridized carbons (Fsp3) is 0.125. The third-order valence-corrected chi connectivity index (χ3v) is 5.33. The zero-order valence-corrected chi connectivity index (χ0v) is 15.1. The van der Waals surface area contributed by atoms with Crippen LogP contribution < -0.4 is 5.56 Å². The minimum Gasteiger partial charge on any atom is -0.461 e. The van der Waals surface area contributed by atoms with E-state index in [0.717, 1.165) is 32.4 Å². The molecule has 0 radical (unpaired) electrons. The van der Waals surface area contributed by atoms with E-state index < -0.39 is 5.97 Å². The maximum absolute atomic E-state index is 12.2. The van der Waals surface area contributed by atoms with Crippen molar-refractivity contribution in [3.63, 3.8) is 0 Å². The summed E-state index contributed by atoms with van der Waals surface area (Å²) in [6, 6.07) is 3.43. The lowest BCUT2D eigenvalue weighted by Gasteiger charge is -2.04. The minimum atomic E-state index is -0.434. The Bertz CT molecular complexity index is 1150. The monoisotopic (exact) mass is 418 g/mol. The highest BCUT2D eigenvalue weighted by atomic mass is 79.9. The van der Waals surface area contributed by atoms with Gasteiger partial charge in [-0.1, -0.05) is 0 Å². The van der Waals surface area contributed by atoms with Crippen LogP contribution in [0.25, 0.3) is 15.7 Å². The second kappa shape index (κ2) is 6.41. The van der Waals surface area contributed by atoms with Crippen LogP contribution in [0.3, 0.4) is 0 Å². The maximum Gasteiger partial charge on any atom is 0.348 e. The first-order valence-corrected chi connectivity index (χ1v) is 8.99. The first-order chi connectivity index (χ1) is 12.1. The summed E-state index contributed by atoms with van der Waals surface area (Å²) in [4.78, 5) is 31.2. The molecular formula is C16H11BrN4O3S. The average Bonchev–Trinajstić information content (AvgIpc) is 3.20. The molecule has 0 aliphatic carbocycles. The number of halogens is 1. The molecule has 4 aromatic heterocycles. The van der Waals surface area contributed by atoms with Crippen LogP contribution in [-0.4, -0.2) is 32.2 Å². The van der Waals surface area contributed by atoms with Gasteiger partial charge in [-0.15, -0.1) is 11.3 Å². The van der Waals surface area contributed by atoms with Gasteiger partial charge in [-0.05, 0) is 33.6 Å². The van der Waals surface area contributed by atoms with E-state index in [4.69, 9.17) is 4.74 Å². The molecule has 25 heavy (non-hydrogen) atoms. The number of rotatable bonds is 4. The molecule has 0 unspecified atom stereocenters. The predicted octanol–water partition coefficient (Wildman–Crippen LogP) is 2.79. The molecule has 4 aromatic rings. The van der Waals surface area contributed by atoms with Crippen molar-refractivity contribution in [2.75, 3.05) is 6.61 Å². The van der Waals surface area contributed by atoms with Crippen LogP contribution in [0.5, 0.6) is 0 Å². The molecule has 0 saturated heterocycles. The number of carbonyl (C=O) groups is 1. The quantitative estimate of drug-likeness (QED) is 0.514. The van der Waals surface area contributed by atoms with Gasteiger partial charge in [0.05, 0.1) is 17.3 Å². The highest BCUT2D eigenvalue weighted by Gasteiger charge is 2.13. The molecule has 0 fully saturated rings. The summed E-state index contributed by atoms with van der Waals surface area (Å²) in [7, 11) is 0. The Hall–Kier alpha value is -2.52. The van der Waals surface area contributed by atoms with Gasteiger partial charge in [0.1, 0.15) is 9.58 Å². The molecule has 7 nitrogen and oxygen atoms in total. The van der Waals surface area contributed by atoms with Crippen molar-refractivity contribution in [3.8, 4) is 0 Å². The van der Waals surface area contributed by atoms with Gasteiger partial charge in [-0.2, -0.15) is 5.10 Å². The molecule has 0 aromatic carbocycles. The third-order valence-electron chi connectivity index (χ3n) is 3.64. The van der Waals surface area contributed by atoms with Gasteiger partial charge in [0.2, 0.25) is 0 Å². The number of fused-ring (bicyclic) bond motifs is 2. The van der Waals surface area contributed by atoms with Crippen molar-refractivity contribution in [2.45, 2.75) is 6.42 Å². The van der Waals surface area contributed by atoms with Gasteiger partial charge >= 0.3 is 5.97 Å². The molecule has 0 bridgehead atoms. The van der Waals surface area contributed by atoms with Crippen molar-refractivity contribution in [3.05, 3.63) is 62.2 Å². The first kappa shape index (κ1) is 16.0. The lowest BCUT2D eigenvalue weighted by atomic mass is 10.2. The van der Waals surface area contributed by atoms with Crippen LogP contribution >= 0.6 is 27.3 Å². The van der Waals surface area contributed by atoms with Crippen LogP contribution in [-0.2, 0) is 11.2 Å². The molecule has 126 valence electrons. The highest BCUT2D eigenvalue weighted by Crippen LogP contribution is 2.22. The molecule has 9 heteroatoms. The van der Waals surface area contributed by atoms with Crippen LogP contribution in [0, 0.1) is 0 Å². The van der Waals surface area contributed by atoms with E-state index in [1.807, 2.05) is 6.20 Å². The summed E-state index contributed by atoms with van der Waals surface area (Å²) in [5, 5.41) is 4.91. The molecule has 0 amide bonds. The number of carbonyl (C=O) groups excluding carboxylic acids is 1. The fourth-order valence-electron chi connectivity index (χ4n) is 2.43.